The molecule has 1 rings (SSSR count). The van der Waals surface area contributed by atoms with Gasteiger partial charge in [-0.25, -0.2) is 4.68 Å². The van der Waals surface area contributed by atoms with Gasteiger partial charge in [0.15, 0.2) is 0 Å². The smallest absolute Gasteiger partial charge is 0.145 e. The Morgan fingerprint density at radius 1 is 1.50 bits per heavy atom. The molecule has 0 amide bonds. The maximum absolute atomic E-state index is 5.70. The first kappa shape index (κ1) is 10.6. The van der Waals surface area contributed by atoms with Crippen LogP contribution in [0.25, 0.3) is 0 Å². The SMILES string of the molecule is C=C(C)CCCCn1ncc(N)c1N. The Morgan fingerprint density at radius 2 is 2.21 bits per heavy atom. The number of anilines is 2. The maximum atomic E-state index is 5.70. The van der Waals surface area contributed by atoms with Gasteiger partial charge >= 0.3 is 0 Å². The molecule has 0 saturated heterocycles. The van der Waals surface area contributed by atoms with Gasteiger partial charge in [-0.05, 0) is 26.2 Å². The lowest BCUT2D eigenvalue weighted by Crippen LogP contribution is -2.05. The van der Waals surface area contributed by atoms with Gasteiger partial charge < -0.3 is 11.5 Å². The van der Waals surface area contributed by atoms with Crippen molar-refractivity contribution in [3.05, 3.63) is 18.3 Å². The van der Waals surface area contributed by atoms with Crippen molar-refractivity contribution >= 4 is 11.5 Å². The Labute approximate surface area is 84.6 Å². The molecule has 78 valence electrons. The number of nitrogen functional groups attached to an aromatic ring is 2. The fourth-order valence-electron chi connectivity index (χ4n) is 1.28. The highest BCUT2D eigenvalue weighted by atomic mass is 15.3. The summed E-state index contributed by atoms with van der Waals surface area (Å²) in [6.45, 7) is 6.73. The molecule has 4 heteroatoms. The second-order valence-corrected chi connectivity index (χ2v) is 3.62. The normalized spacial score (nSPS) is 10.4. The van der Waals surface area contributed by atoms with E-state index < -0.39 is 0 Å². The van der Waals surface area contributed by atoms with Gasteiger partial charge in [0, 0.05) is 6.54 Å². The molecular formula is C10H18N4. The molecule has 0 aliphatic heterocycles. The van der Waals surface area contributed by atoms with Crippen LogP contribution < -0.4 is 11.5 Å². The van der Waals surface area contributed by atoms with Crippen molar-refractivity contribution in [1.29, 1.82) is 0 Å². The lowest BCUT2D eigenvalue weighted by molar-refractivity contribution is 0.563. The standard InChI is InChI=1S/C10H18N4/c1-8(2)5-3-4-6-14-10(12)9(11)7-13-14/h7H,1,3-6,11-12H2,2H3. The molecule has 0 radical (unpaired) electrons. The number of aromatic nitrogens is 2. The van der Waals surface area contributed by atoms with E-state index in [0.29, 0.717) is 11.5 Å². The quantitative estimate of drug-likeness (QED) is 0.554. The van der Waals surface area contributed by atoms with Gasteiger partial charge in [-0.15, -0.1) is 6.58 Å². The van der Waals surface area contributed by atoms with Crippen LogP contribution in [0.2, 0.25) is 0 Å². The van der Waals surface area contributed by atoms with Crippen molar-refractivity contribution in [3.63, 3.8) is 0 Å². The molecule has 0 fully saturated rings. The molecule has 0 aliphatic carbocycles. The molecule has 1 heterocycles. The monoisotopic (exact) mass is 194 g/mol. The molecule has 0 aliphatic rings. The molecule has 4 nitrogen and oxygen atoms in total. The summed E-state index contributed by atoms with van der Waals surface area (Å²) in [6, 6.07) is 0. The summed E-state index contributed by atoms with van der Waals surface area (Å²) in [5, 5.41) is 4.08. The topological polar surface area (TPSA) is 69.9 Å². The summed E-state index contributed by atoms with van der Waals surface area (Å²) in [6.07, 6.45) is 4.83. The van der Waals surface area contributed by atoms with Crippen molar-refractivity contribution in [2.45, 2.75) is 32.7 Å². The summed E-state index contributed by atoms with van der Waals surface area (Å²) in [7, 11) is 0. The van der Waals surface area contributed by atoms with Crippen LogP contribution in [0.5, 0.6) is 0 Å². The van der Waals surface area contributed by atoms with Crippen LogP contribution in [0.1, 0.15) is 26.2 Å². The molecular weight excluding hydrogens is 176 g/mol. The lowest BCUT2D eigenvalue weighted by Gasteiger charge is -2.04. The van der Waals surface area contributed by atoms with Crippen LogP contribution in [0.3, 0.4) is 0 Å². The highest BCUT2D eigenvalue weighted by molar-refractivity contribution is 5.56. The number of nitrogens with two attached hydrogens (primary N) is 2. The number of hydrogen-bond donors (Lipinski definition) is 2. The zero-order valence-corrected chi connectivity index (χ0v) is 8.66. The van der Waals surface area contributed by atoms with Crippen molar-refractivity contribution in [3.8, 4) is 0 Å². The third kappa shape index (κ3) is 2.80. The minimum Gasteiger partial charge on any atom is -0.394 e. The van der Waals surface area contributed by atoms with Gasteiger partial charge in [0.05, 0.1) is 11.9 Å². The Kier molecular flexibility index (Phi) is 3.56. The molecule has 0 atom stereocenters. The van der Waals surface area contributed by atoms with E-state index >= 15 is 0 Å². The molecule has 14 heavy (non-hydrogen) atoms. The summed E-state index contributed by atoms with van der Waals surface area (Å²) in [5.74, 6) is 0.570. The Balaban J connectivity index is 2.31. The van der Waals surface area contributed by atoms with Gasteiger partial charge in [0.1, 0.15) is 5.82 Å². The highest BCUT2D eigenvalue weighted by Gasteiger charge is 2.02. The summed E-state index contributed by atoms with van der Waals surface area (Å²) >= 11 is 0. The van der Waals surface area contributed by atoms with Gasteiger partial charge in [0.25, 0.3) is 0 Å². The molecule has 0 bridgehead atoms. The van der Waals surface area contributed by atoms with Crippen LogP contribution in [0.4, 0.5) is 11.5 Å². The number of allylic oxidation sites excluding steroid dienone is 1. The van der Waals surface area contributed by atoms with Gasteiger partial charge in [-0.1, -0.05) is 5.57 Å². The van der Waals surface area contributed by atoms with E-state index in [1.54, 1.807) is 10.9 Å². The largest absolute Gasteiger partial charge is 0.394 e. The minimum absolute atomic E-state index is 0.560. The lowest BCUT2D eigenvalue weighted by atomic mass is 10.1. The van der Waals surface area contributed by atoms with Crippen molar-refractivity contribution in [2.75, 3.05) is 11.5 Å². The van der Waals surface area contributed by atoms with Crippen molar-refractivity contribution < 1.29 is 0 Å². The molecule has 0 spiro atoms. The Morgan fingerprint density at radius 3 is 2.71 bits per heavy atom. The first-order valence-corrected chi connectivity index (χ1v) is 4.82. The summed E-state index contributed by atoms with van der Waals surface area (Å²) < 4.78 is 1.74. The molecule has 0 unspecified atom stereocenters. The Hall–Kier alpha value is -1.45. The van der Waals surface area contributed by atoms with E-state index in [0.717, 1.165) is 25.8 Å². The van der Waals surface area contributed by atoms with E-state index in [1.165, 1.54) is 5.57 Å². The zero-order chi connectivity index (χ0) is 10.6. The van der Waals surface area contributed by atoms with E-state index in [-0.39, 0.29) is 0 Å². The highest BCUT2D eigenvalue weighted by Crippen LogP contribution is 2.14. The van der Waals surface area contributed by atoms with Crippen molar-refractivity contribution in [2.24, 2.45) is 0 Å². The van der Waals surface area contributed by atoms with E-state index in [4.69, 9.17) is 11.5 Å². The van der Waals surface area contributed by atoms with Crippen LogP contribution in [0, 0.1) is 0 Å². The van der Waals surface area contributed by atoms with E-state index in [9.17, 15) is 0 Å². The summed E-state index contributed by atoms with van der Waals surface area (Å²) in [5.41, 5.74) is 13.1. The van der Waals surface area contributed by atoms with Crippen LogP contribution in [0.15, 0.2) is 18.3 Å². The molecule has 4 N–H and O–H groups in total. The Bertz CT molecular complexity index is 314. The number of nitrogens with zero attached hydrogens (tertiary/aromatic N) is 2. The van der Waals surface area contributed by atoms with Crippen LogP contribution >= 0.6 is 0 Å². The van der Waals surface area contributed by atoms with Gasteiger partial charge in [-0.3, -0.25) is 0 Å². The van der Waals surface area contributed by atoms with Crippen LogP contribution in [-0.2, 0) is 6.54 Å². The summed E-state index contributed by atoms with van der Waals surface area (Å²) in [4.78, 5) is 0. The molecule has 1 aromatic rings. The first-order valence-electron chi connectivity index (χ1n) is 4.82. The average Bonchev–Trinajstić information content (AvgIpc) is 2.43. The second-order valence-electron chi connectivity index (χ2n) is 3.62. The van der Waals surface area contributed by atoms with Gasteiger partial charge in [-0.2, -0.15) is 5.10 Å². The average molecular weight is 194 g/mol. The predicted octanol–water partition coefficient (Wildman–Crippen LogP) is 1.79. The zero-order valence-electron chi connectivity index (χ0n) is 8.66. The van der Waals surface area contributed by atoms with Crippen molar-refractivity contribution in [1.82, 2.24) is 9.78 Å². The number of unbranched alkanes of at least 4 members (excludes halogenated alkanes) is 1. The minimum atomic E-state index is 0.560. The van der Waals surface area contributed by atoms with E-state index in [2.05, 4.69) is 11.7 Å². The number of aryl methyl sites for hydroxylation is 1. The number of hydrogen-bond acceptors (Lipinski definition) is 3. The fraction of sp³-hybridized carbons (Fsp3) is 0.500. The molecule has 0 saturated carbocycles. The first-order chi connectivity index (χ1) is 6.61. The molecule has 0 aromatic carbocycles. The molecule has 1 aromatic heterocycles. The van der Waals surface area contributed by atoms with Gasteiger partial charge in [0.2, 0.25) is 0 Å². The van der Waals surface area contributed by atoms with E-state index in [1.807, 2.05) is 6.92 Å². The third-order valence-corrected chi connectivity index (χ3v) is 2.13. The van der Waals surface area contributed by atoms with Crippen LogP contribution in [-0.4, -0.2) is 9.78 Å². The predicted molar refractivity (Wildman–Crippen MR) is 59.7 cm³/mol. The fourth-order valence-corrected chi connectivity index (χ4v) is 1.28. The number of rotatable bonds is 5. The second kappa shape index (κ2) is 4.69. The maximum Gasteiger partial charge on any atom is 0.145 e. The third-order valence-electron chi connectivity index (χ3n) is 2.13.